The monoisotopic (exact) mass is 360 g/mol. The van der Waals surface area contributed by atoms with Gasteiger partial charge in [-0.05, 0) is 30.5 Å². The summed E-state index contributed by atoms with van der Waals surface area (Å²) >= 11 is 0. The Morgan fingerprint density at radius 3 is 1.52 bits per heavy atom. The Balaban J connectivity index is 2.12. The van der Waals surface area contributed by atoms with Crippen LogP contribution in [-0.4, -0.2) is 13.2 Å². The first-order valence-electron chi connectivity index (χ1n) is 9.83. The third-order valence-electron chi connectivity index (χ3n) is 4.52. The van der Waals surface area contributed by atoms with Gasteiger partial charge in [0.2, 0.25) is 0 Å². The van der Waals surface area contributed by atoms with Crippen LogP contribution in [-0.2, 0) is 0 Å². The van der Waals surface area contributed by atoms with Crippen molar-refractivity contribution < 1.29 is 9.47 Å². The molecule has 0 saturated heterocycles. The zero-order chi connectivity index (χ0) is 18.9. The number of rotatable bonds is 9. The topological polar surface area (TPSA) is 18.5 Å². The summed E-state index contributed by atoms with van der Waals surface area (Å²) in [7, 11) is 0. The smallest absolute Gasteiger partial charge is 0.123 e. The summed E-state index contributed by atoms with van der Waals surface area (Å²) < 4.78 is 12.2. The van der Waals surface area contributed by atoms with Gasteiger partial charge in [0.1, 0.15) is 11.5 Å². The van der Waals surface area contributed by atoms with E-state index in [0.717, 1.165) is 24.3 Å². The van der Waals surface area contributed by atoms with E-state index in [1.165, 1.54) is 16.7 Å². The van der Waals surface area contributed by atoms with Crippen LogP contribution < -0.4 is 9.47 Å². The summed E-state index contributed by atoms with van der Waals surface area (Å²) in [6, 6.07) is 27.3. The SMILES string of the molecule is CCCOc1ccccc1C(c1ccccc1)c1ccccc1OCCC. The molecule has 0 aromatic heterocycles. The van der Waals surface area contributed by atoms with Gasteiger partial charge in [-0.2, -0.15) is 0 Å². The second kappa shape index (κ2) is 9.82. The van der Waals surface area contributed by atoms with E-state index >= 15 is 0 Å². The highest BCUT2D eigenvalue weighted by Gasteiger charge is 2.23. The molecule has 2 nitrogen and oxygen atoms in total. The van der Waals surface area contributed by atoms with Gasteiger partial charge >= 0.3 is 0 Å². The highest BCUT2D eigenvalue weighted by atomic mass is 16.5. The van der Waals surface area contributed by atoms with Crippen LogP contribution in [0.4, 0.5) is 0 Å². The summed E-state index contributed by atoms with van der Waals surface area (Å²) in [5.41, 5.74) is 3.58. The maximum atomic E-state index is 6.09. The highest BCUT2D eigenvalue weighted by Crippen LogP contribution is 2.40. The molecule has 27 heavy (non-hydrogen) atoms. The predicted molar refractivity (Wildman–Crippen MR) is 112 cm³/mol. The number of hydrogen-bond donors (Lipinski definition) is 0. The van der Waals surface area contributed by atoms with Crippen molar-refractivity contribution in [1.29, 1.82) is 0 Å². The minimum Gasteiger partial charge on any atom is -0.493 e. The maximum Gasteiger partial charge on any atom is 0.123 e. The molecule has 3 rings (SSSR count). The zero-order valence-electron chi connectivity index (χ0n) is 16.2. The van der Waals surface area contributed by atoms with Crippen LogP contribution in [0.25, 0.3) is 0 Å². The molecular weight excluding hydrogens is 332 g/mol. The van der Waals surface area contributed by atoms with E-state index in [4.69, 9.17) is 9.47 Å². The van der Waals surface area contributed by atoms with Gasteiger partial charge in [0.25, 0.3) is 0 Å². The van der Waals surface area contributed by atoms with Gasteiger partial charge in [0, 0.05) is 17.0 Å². The molecule has 0 aliphatic heterocycles. The van der Waals surface area contributed by atoms with Crippen molar-refractivity contribution in [2.75, 3.05) is 13.2 Å². The maximum absolute atomic E-state index is 6.09. The Bertz CT molecular complexity index is 775. The average Bonchev–Trinajstić information content (AvgIpc) is 2.73. The number of hydrogen-bond acceptors (Lipinski definition) is 2. The van der Waals surface area contributed by atoms with Crippen molar-refractivity contribution in [2.45, 2.75) is 32.6 Å². The van der Waals surface area contributed by atoms with E-state index < -0.39 is 0 Å². The molecule has 0 aliphatic carbocycles. The molecule has 0 aliphatic rings. The van der Waals surface area contributed by atoms with Gasteiger partial charge in [-0.3, -0.25) is 0 Å². The average molecular weight is 360 g/mol. The number of ether oxygens (including phenoxy) is 2. The van der Waals surface area contributed by atoms with Gasteiger partial charge in [0.15, 0.2) is 0 Å². The number of benzene rings is 3. The first-order valence-corrected chi connectivity index (χ1v) is 9.83. The fourth-order valence-electron chi connectivity index (χ4n) is 3.30. The molecule has 0 bridgehead atoms. The summed E-state index contributed by atoms with van der Waals surface area (Å²) in [5.74, 6) is 1.95. The predicted octanol–water partition coefficient (Wildman–Crippen LogP) is 6.44. The molecule has 0 unspecified atom stereocenters. The third-order valence-corrected chi connectivity index (χ3v) is 4.52. The van der Waals surface area contributed by atoms with Gasteiger partial charge in [0.05, 0.1) is 13.2 Å². The van der Waals surface area contributed by atoms with Crippen LogP contribution >= 0.6 is 0 Å². The first-order chi connectivity index (χ1) is 13.3. The molecule has 0 N–H and O–H groups in total. The number of para-hydroxylation sites is 2. The molecule has 140 valence electrons. The second-order valence-corrected chi connectivity index (χ2v) is 6.62. The molecule has 0 atom stereocenters. The van der Waals surface area contributed by atoms with E-state index in [2.05, 4.69) is 80.6 Å². The molecule has 3 aromatic rings. The van der Waals surface area contributed by atoms with Crippen molar-refractivity contribution in [3.8, 4) is 11.5 Å². The van der Waals surface area contributed by atoms with Crippen molar-refractivity contribution in [3.63, 3.8) is 0 Å². The van der Waals surface area contributed by atoms with Crippen molar-refractivity contribution in [3.05, 3.63) is 95.6 Å². The van der Waals surface area contributed by atoms with E-state index in [0.29, 0.717) is 13.2 Å². The molecule has 0 saturated carbocycles. The molecule has 2 heteroatoms. The Morgan fingerprint density at radius 2 is 1.04 bits per heavy atom. The van der Waals surface area contributed by atoms with Gasteiger partial charge in [-0.15, -0.1) is 0 Å². The van der Waals surface area contributed by atoms with Crippen LogP contribution in [0, 0.1) is 0 Å². The Morgan fingerprint density at radius 1 is 0.593 bits per heavy atom. The van der Waals surface area contributed by atoms with E-state index in [-0.39, 0.29) is 5.92 Å². The molecule has 0 heterocycles. The normalized spacial score (nSPS) is 10.8. The Labute approximate surface area is 162 Å². The summed E-state index contributed by atoms with van der Waals surface area (Å²) in [6.45, 7) is 5.69. The molecule has 0 spiro atoms. The Kier molecular flexibility index (Phi) is 6.92. The zero-order valence-corrected chi connectivity index (χ0v) is 16.2. The summed E-state index contributed by atoms with van der Waals surface area (Å²) in [6.07, 6.45) is 1.97. The van der Waals surface area contributed by atoms with Crippen molar-refractivity contribution in [2.24, 2.45) is 0 Å². The standard InChI is InChI=1S/C25H28O2/c1-3-18-26-23-16-10-8-14-21(23)25(20-12-6-5-7-13-20)22-15-9-11-17-24(22)27-19-4-2/h5-17,25H,3-4,18-19H2,1-2H3. The lowest BCUT2D eigenvalue weighted by atomic mass is 9.84. The van der Waals surface area contributed by atoms with E-state index in [1.807, 2.05) is 12.1 Å². The van der Waals surface area contributed by atoms with Gasteiger partial charge < -0.3 is 9.47 Å². The largest absolute Gasteiger partial charge is 0.493 e. The molecule has 0 fully saturated rings. The molecular formula is C25H28O2. The lowest BCUT2D eigenvalue weighted by Crippen LogP contribution is -2.09. The van der Waals surface area contributed by atoms with Crippen LogP contribution in [0.2, 0.25) is 0 Å². The van der Waals surface area contributed by atoms with Gasteiger partial charge in [-0.1, -0.05) is 80.6 Å². The van der Waals surface area contributed by atoms with Gasteiger partial charge in [-0.25, -0.2) is 0 Å². The fourth-order valence-corrected chi connectivity index (χ4v) is 3.30. The molecule has 0 radical (unpaired) electrons. The highest BCUT2D eigenvalue weighted by molar-refractivity contribution is 5.53. The molecule has 0 amide bonds. The minimum atomic E-state index is 0.0623. The third kappa shape index (κ3) is 4.71. The van der Waals surface area contributed by atoms with Crippen LogP contribution in [0.15, 0.2) is 78.9 Å². The summed E-state index contributed by atoms with van der Waals surface area (Å²) in [4.78, 5) is 0. The minimum absolute atomic E-state index is 0.0623. The van der Waals surface area contributed by atoms with E-state index in [9.17, 15) is 0 Å². The molecule has 3 aromatic carbocycles. The first kappa shape index (κ1) is 19.0. The summed E-state index contributed by atoms with van der Waals surface area (Å²) in [5, 5.41) is 0. The lowest BCUT2D eigenvalue weighted by molar-refractivity contribution is 0.309. The van der Waals surface area contributed by atoms with Crippen LogP contribution in [0.1, 0.15) is 49.3 Å². The second-order valence-electron chi connectivity index (χ2n) is 6.62. The Hall–Kier alpha value is -2.74. The van der Waals surface area contributed by atoms with Crippen molar-refractivity contribution >= 4 is 0 Å². The van der Waals surface area contributed by atoms with E-state index in [1.54, 1.807) is 0 Å². The quantitative estimate of drug-likeness (QED) is 0.409. The van der Waals surface area contributed by atoms with Crippen LogP contribution in [0.3, 0.4) is 0 Å². The van der Waals surface area contributed by atoms with Crippen molar-refractivity contribution in [1.82, 2.24) is 0 Å². The van der Waals surface area contributed by atoms with Crippen LogP contribution in [0.5, 0.6) is 11.5 Å². The lowest BCUT2D eigenvalue weighted by Gasteiger charge is -2.24. The fraction of sp³-hybridized carbons (Fsp3) is 0.280.